The van der Waals surface area contributed by atoms with Crippen LogP contribution in [0.2, 0.25) is 0 Å². The molecule has 1 nitrogen and oxygen atoms in total. The summed E-state index contributed by atoms with van der Waals surface area (Å²) in [6, 6.07) is 0. The highest BCUT2D eigenvalue weighted by Crippen LogP contribution is 2.24. The smallest absolute Gasteiger partial charge is 0.0599 e. The molecule has 0 saturated heterocycles. The molecule has 0 aliphatic carbocycles. The summed E-state index contributed by atoms with van der Waals surface area (Å²) in [5.41, 5.74) is 0.0159. The van der Waals surface area contributed by atoms with Crippen molar-refractivity contribution in [3.63, 3.8) is 0 Å². The fourth-order valence-corrected chi connectivity index (χ4v) is 1.02. The van der Waals surface area contributed by atoms with E-state index in [4.69, 9.17) is 0 Å². The number of halogens is 1. The second-order valence-electron chi connectivity index (χ2n) is 3.90. The third-order valence-electron chi connectivity index (χ3n) is 1.55. The van der Waals surface area contributed by atoms with Crippen LogP contribution in [0, 0.1) is 5.41 Å². The molecule has 0 spiro atoms. The van der Waals surface area contributed by atoms with Crippen molar-refractivity contribution in [1.29, 1.82) is 0 Å². The van der Waals surface area contributed by atoms with E-state index in [1.807, 2.05) is 20.8 Å². The second kappa shape index (κ2) is 3.72. The van der Waals surface area contributed by atoms with Gasteiger partial charge in [0.2, 0.25) is 0 Å². The monoisotopic (exact) mass is 208 g/mol. The van der Waals surface area contributed by atoms with Gasteiger partial charge in [-0.3, -0.25) is 0 Å². The van der Waals surface area contributed by atoms with Gasteiger partial charge in [-0.25, -0.2) is 0 Å². The molecule has 0 saturated carbocycles. The molecule has 0 aliphatic rings. The highest BCUT2D eigenvalue weighted by atomic mass is 79.9. The zero-order valence-electron chi connectivity index (χ0n) is 7.19. The lowest BCUT2D eigenvalue weighted by Crippen LogP contribution is -2.27. The Morgan fingerprint density at radius 1 is 1.40 bits per heavy atom. The molecule has 62 valence electrons. The normalized spacial score (nSPS) is 18.6. The Labute approximate surface area is 72.0 Å². The minimum Gasteiger partial charge on any atom is -0.393 e. The van der Waals surface area contributed by atoms with Gasteiger partial charge in [0.1, 0.15) is 0 Å². The van der Waals surface area contributed by atoms with Crippen LogP contribution in [0.3, 0.4) is 0 Å². The maximum absolute atomic E-state index is 9.53. The third kappa shape index (κ3) is 4.29. The van der Waals surface area contributed by atoms with Gasteiger partial charge < -0.3 is 5.11 Å². The zero-order valence-corrected chi connectivity index (χ0v) is 8.77. The predicted octanol–water partition coefficient (Wildman–Crippen LogP) is 2.57. The molecule has 0 aromatic rings. The van der Waals surface area contributed by atoms with E-state index in [0.29, 0.717) is 4.83 Å². The molecule has 0 heterocycles. The molecule has 0 bridgehead atoms. The number of alkyl halides is 1. The summed E-state index contributed by atoms with van der Waals surface area (Å²) >= 11 is 3.41. The van der Waals surface area contributed by atoms with Gasteiger partial charge in [-0.15, -0.1) is 0 Å². The molecule has 1 N–H and O–H groups in total. The quantitative estimate of drug-likeness (QED) is 0.693. The lowest BCUT2D eigenvalue weighted by Gasteiger charge is -2.26. The van der Waals surface area contributed by atoms with E-state index in [1.54, 1.807) is 0 Å². The Balaban J connectivity index is 3.73. The Morgan fingerprint density at radius 3 is 1.90 bits per heavy atom. The summed E-state index contributed by atoms with van der Waals surface area (Å²) in [7, 11) is 0. The molecular formula is C8H17BrO. The van der Waals surface area contributed by atoms with Crippen molar-refractivity contribution in [2.45, 2.75) is 45.0 Å². The van der Waals surface area contributed by atoms with E-state index in [0.717, 1.165) is 6.42 Å². The van der Waals surface area contributed by atoms with Crippen LogP contribution >= 0.6 is 15.9 Å². The first-order chi connectivity index (χ1) is 4.34. The summed E-state index contributed by atoms with van der Waals surface area (Å²) in [4.78, 5) is 0.404. The SMILES string of the molecule is CC(Br)CC(O)C(C)(C)C. The van der Waals surface area contributed by atoms with E-state index in [2.05, 4.69) is 22.9 Å². The highest BCUT2D eigenvalue weighted by molar-refractivity contribution is 9.09. The van der Waals surface area contributed by atoms with Gasteiger partial charge in [-0.05, 0) is 11.8 Å². The standard InChI is InChI=1S/C8H17BrO/c1-6(9)5-7(10)8(2,3)4/h6-7,10H,5H2,1-4H3. The van der Waals surface area contributed by atoms with E-state index in [1.165, 1.54) is 0 Å². The Morgan fingerprint density at radius 2 is 1.80 bits per heavy atom. The Bertz CT molecular complexity index is 93.9. The predicted molar refractivity (Wildman–Crippen MR) is 48.5 cm³/mol. The summed E-state index contributed by atoms with van der Waals surface area (Å²) in [6.45, 7) is 8.20. The van der Waals surface area contributed by atoms with E-state index >= 15 is 0 Å². The molecule has 10 heavy (non-hydrogen) atoms. The van der Waals surface area contributed by atoms with Crippen LogP contribution in [-0.2, 0) is 0 Å². The minimum absolute atomic E-state index is 0.0159. The second-order valence-corrected chi connectivity index (χ2v) is 5.46. The summed E-state index contributed by atoms with van der Waals surface area (Å²) in [6.07, 6.45) is 0.616. The van der Waals surface area contributed by atoms with Crippen LogP contribution in [0.15, 0.2) is 0 Å². The first-order valence-corrected chi connectivity index (χ1v) is 4.57. The molecule has 0 aromatic heterocycles. The van der Waals surface area contributed by atoms with Gasteiger partial charge in [0.25, 0.3) is 0 Å². The third-order valence-corrected chi connectivity index (χ3v) is 1.92. The van der Waals surface area contributed by atoms with Crippen LogP contribution in [0.25, 0.3) is 0 Å². The van der Waals surface area contributed by atoms with Crippen molar-refractivity contribution >= 4 is 15.9 Å². The molecule has 0 amide bonds. The molecule has 0 aromatic carbocycles. The minimum atomic E-state index is -0.207. The molecule has 2 atom stereocenters. The molecular weight excluding hydrogens is 192 g/mol. The maximum Gasteiger partial charge on any atom is 0.0599 e. The Kier molecular flexibility index (Phi) is 3.89. The molecule has 0 rings (SSSR count). The van der Waals surface area contributed by atoms with E-state index in [-0.39, 0.29) is 11.5 Å². The topological polar surface area (TPSA) is 20.2 Å². The lowest BCUT2D eigenvalue weighted by atomic mass is 9.87. The Hall–Kier alpha value is 0.440. The number of aliphatic hydroxyl groups excluding tert-OH is 1. The van der Waals surface area contributed by atoms with Gasteiger partial charge in [-0.1, -0.05) is 43.6 Å². The summed E-state index contributed by atoms with van der Waals surface area (Å²) in [5, 5.41) is 9.53. The van der Waals surface area contributed by atoms with Crippen LogP contribution in [-0.4, -0.2) is 16.0 Å². The first-order valence-electron chi connectivity index (χ1n) is 3.66. The van der Waals surface area contributed by atoms with Crippen LogP contribution in [0.1, 0.15) is 34.1 Å². The van der Waals surface area contributed by atoms with Gasteiger partial charge in [0.15, 0.2) is 0 Å². The van der Waals surface area contributed by atoms with Crippen LogP contribution in [0.5, 0.6) is 0 Å². The lowest BCUT2D eigenvalue weighted by molar-refractivity contribution is 0.0567. The largest absolute Gasteiger partial charge is 0.393 e. The average Bonchev–Trinajstić information content (AvgIpc) is 1.60. The summed E-state index contributed by atoms with van der Waals surface area (Å²) < 4.78 is 0. The average molecular weight is 209 g/mol. The van der Waals surface area contributed by atoms with E-state index in [9.17, 15) is 5.11 Å². The molecule has 2 unspecified atom stereocenters. The van der Waals surface area contributed by atoms with Gasteiger partial charge >= 0.3 is 0 Å². The van der Waals surface area contributed by atoms with E-state index < -0.39 is 0 Å². The summed E-state index contributed by atoms with van der Waals surface area (Å²) in [5.74, 6) is 0. The van der Waals surface area contributed by atoms with Crippen molar-refractivity contribution < 1.29 is 5.11 Å². The fraction of sp³-hybridized carbons (Fsp3) is 1.00. The van der Waals surface area contributed by atoms with Crippen molar-refractivity contribution in [2.75, 3.05) is 0 Å². The van der Waals surface area contributed by atoms with Crippen molar-refractivity contribution in [1.82, 2.24) is 0 Å². The highest BCUT2D eigenvalue weighted by Gasteiger charge is 2.22. The van der Waals surface area contributed by atoms with Gasteiger partial charge in [0.05, 0.1) is 6.10 Å². The van der Waals surface area contributed by atoms with Gasteiger partial charge in [-0.2, -0.15) is 0 Å². The number of hydrogen-bond acceptors (Lipinski definition) is 1. The molecule has 0 radical (unpaired) electrons. The molecule has 0 aliphatic heterocycles. The van der Waals surface area contributed by atoms with Crippen molar-refractivity contribution in [3.8, 4) is 0 Å². The van der Waals surface area contributed by atoms with Crippen LogP contribution < -0.4 is 0 Å². The van der Waals surface area contributed by atoms with Crippen molar-refractivity contribution in [2.24, 2.45) is 5.41 Å². The fourth-order valence-electron chi connectivity index (χ4n) is 0.661. The van der Waals surface area contributed by atoms with Gasteiger partial charge in [0, 0.05) is 4.83 Å². The maximum atomic E-state index is 9.53. The van der Waals surface area contributed by atoms with Crippen molar-refractivity contribution in [3.05, 3.63) is 0 Å². The molecule has 0 fully saturated rings. The molecule has 2 heteroatoms. The zero-order chi connectivity index (χ0) is 8.36. The number of aliphatic hydroxyl groups is 1. The van der Waals surface area contributed by atoms with Crippen LogP contribution in [0.4, 0.5) is 0 Å². The first kappa shape index (κ1) is 10.4. The number of hydrogen-bond donors (Lipinski definition) is 1. The number of rotatable bonds is 2.